The highest BCUT2D eigenvalue weighted by atomic mass is 35.5. The van der Waals surface area contributed by atoms with Crippen molar-refractivity contribution in [1.82, 2.24) is 4.57 Å². The van der Waals surface area contributed by atoms with Crippen LogP contribution in [0.3, 0.4) is 0 Å². The van der Waals surface area contributed by atoms with E-state index in [4.69, 9.17) is 11.6 Å². The van der Waals surface area contributed by atoms with Crippen LogP contribution in [0, 0.1) is 20.2 Å². The van der Waals surface area contributed by atoms with Crippen LogP contribution >= 0.6 is 11.6 Å². The first-order valence-corrected chi connectivity index (χ1v) is 8.82. The van der Waals surface area contributed by atoms with Crippen molar-refractivity contribution < 1.29 is 14.6 Å². The van der Waals surface area contributed by atoms with Gasteiger partial charge >= 0.3 is 0 Å². The summed E-state index contributed by atoms with van der Waals surface area (Å²) in [6.45, 7) is 0.0219. The number of carbonyl (C=O) groups is 1. The Bertz CT molecular complexity index is 1220. The van der Waals surface area contributed by atoms with Gasteiger partial charge in [-0.2, -0.15) is 0 Å². The van der Waals surface area contributed by atoms with E-state index in [2.05, 4.69) is 5.32 Å². The number of amides is 1. The second-order valence-corrected chi connectivity index (χ2v) is 6.57. The number of nitro benzene ring substituents is 2. The van der Waals surface area contributed by atoms with E-state index in [1.165, 1.54) is 53.2 Å². The zero-order chi connectivity index (χ0) is 21.8. The number of rotatable bonds is 6. The average Bonchev–Trinajstić information content (AvgIpc) is 2.71. The van der Waals surface area contributed by atoms with Gasteiger partial charge in [-0.3, -0.25) is 29.8 Å². The number of pyridine rings is 1. The topological polar surface area (TPSA) is 137 Å². The number of aromatic nitrogens is 1. The first kappa shape index (κ1) is 20.7. The second kappa shape index (κ2) is 8.53. The third-order valence-corrected chi connectivity index (χ3v) is 4.46. The standard InChI is InChI=1S/C19H13ClN4O6/c20-16-7-6-13(10-17(16)24(29)30)21-18(25)15-5-2-8-22(19(15)26)11-12-3-1-4-14(9-12)23(27)28/h1-10H,11H2,(H,21,25). The van der Waals surface area contributed by atoms with E-state index in [1.807, 2.05) is 0 Å². The van der Waals surface area contributed by atoms with Crippen molar-refractivity contribution in [3.8, 4) is 0 Å². The molecule has 0 radical (unpaired) electrons. The monoisotopic (exact) mass is 428 g/mol. The number of hydrogen-bond donors (Lipinski definition) is 1. The lowest BCUT2D eigenvalue weighted by atomic mass is 10.2. The number of carbonyl (C=O) groups excluding carboxylic acids is 1. The fourth-order valence-corrected chi connectivity index (χ4v) is 2.91. The summed E-state index contributed by atoms with van der Waals surface area (Å²) in [5.41, 5.74) is -0.698. The summed E-state index contributed by atoms with van der Waals surface area (Å²) in [4.78, 5) is 45.9. The van der Waals surface area contributed by atoms with Gasteiger partial charge in [-0.25, -0.2) is 0 Å². The van der Waals surface area contributed by atoms with Crippen molar-refractivity contribution in [1.29, 1.82) is 0 Å². The molecule has 0 aliphatic rings. The van der Waals surface area contributed by atoms with Crippen molar-refractivity contribution in [2.75, 3.05) is 5.32 Å². The molecule has 0 fully saturated rings. The van der Waals surface area contributed by atoms with E-state index in [0.29, 0.717) is 5.56 Å². The summed E-state index contributed by atoms with van der Waals surface area (Å²) in [5, 5.41) is 24.2. The smallest absolute Gasteiger partial charge is 0.289 e. The van der Waals surface area contributed by atoms with Crippen LogP contribution in [0.1, 0.15) is 15.9 Å². The zero-order valence-corrected chi connectivity index (χ0v) is 15.9. The number of nitrogens with one attached hydrogen (secondary N) is 1. The van der Waals surface area contributed by atoms with Gasteiger partial charge in [0.1, 0.15) is 10.6 Å². The van der Waals surface area contributed by atoms with Crippen molar-refractivity contribution in [3.05, 3.63) is 108 Å². The van der Waals surface area contributed by atoms with E-state index in [1.54, 1.807) is 6.07 Å². The maximum absolute atomic E-state index is 12.7. The summed E-state index contributed by atoms with van der Waals surface area (Å²) < 4.78 is 1.23. The lowest BCUT2D eigenvalue weighted by molar-refractivity contribution is -0.385. The van der Waals surface area contributed by atoms with Crippen LogP contribution in [-0.4, -0.2) is 20.3 Å². The molecular formula is C19H13ClN4O6. The van der Waals surface area contributed by atoms with Crippen LogP contribution in [0.15, 0.2) is 65.6 Å². The lowest BCUT2D eigenvalue weighted by Gasteiger charge is -2.09. The zero-order valence-electron chi connectivity index (χ0n) is 15.1. The molecule has 0 aliphatic carbocycles. The predicted molar refractivity (Wildman–Crippen MR) is 109 cm³/mol. The molecule has 0 saturated carbocycles. The van der Waals surface area contributed by atoms with Crippen molar-refractivity contribution in [3.63, 3.8) is 0 Å². The highest BCUT2D eigenvalue weighted by Gasteiger charge is 2.17. The SMILES string of the molecule is O=C(Nc1ccc(Cl)c([N+](=O)[O-])c1)c1cccn(Cc2cccc([N+](=O)[O-])c2)c1=O. The van der Waals surface area contributed by atoms with E-state index in [-0.39, 0.29) is 34.2 Å². The van der Waals surface area contributed by atoms with E-state index >= 15 is 0 Å². The highest BCUT2D eigenvalue weighted by Crippen LogP contribution is 2.27. The summed E-state index contributed by atoms with van der Waals surface area (Å²) in [6, 6.07) is 12.3. The quantitative estimate of drug-likeness (QED) is 0.470. The number of hydrogen-bond acceptors (Lipinski definition) is 6. The predicted octanol–water partition coefficient (Wildman–Crippen LogP) is 3.62. The van der Waals surface area contributed by atoms with Gasteiger partial charge < -0.3 is 9.88 Å². The van der Waals surface area contributed by atoms with Crippen molar-refractivity contribution >= 4 is 34.6 Å². The van der Waals surface area contributed by atoms with Crippen LogP contribution in [0.4, 0.5) is 17.1 Å². The minimum absolute atomic E-state index is 0.0219. The van der Waals surface area contributed by atoms with Gasteiger partial charge in [0.05, 0.1) is 16.4 Å². The maximum atomic E-state index is 12.7. The van der Waals surface area contributed by atoms with Crippen LogP contribution < -0.4 is 10.9 Å². The summed E-state index contributed by atoms with van der Waals surface area (Å²) >= 11 is 5.75. The third-order valence-electron chi connectivity index (χ3n) is 4.14. The number of benzene rings is 2. The molecule has 10 nitrogen and oxygen atoms in total. The molecule has 0 atom stereocenters. The lowest BCUT2D eigenvalue weighted by Crippen LogP contribution is -2.29. The van der Waals surface area contributed by atoms with Gasteiger partial charge in [-0.1, -0.05) is 23.7 Å². The van der Waals surface area contributed by atoms with Gasteiger partial charge in [-0.15, -0.1) is 0 Å². The van der Waals surface area contributed by atoms with Crippen molar-refractivity contribution in [2.24, 2.45) is 0 Å². The molecule has 1 amide bonds. The number of halogens is 1. The minimum atomic E-state index is -0.759. The Morgan fingerprint density at radius 3 is 2.50 bits per heavy atom. The molecule has 1 N–H and O–H groups in total. The summed E-state index contributed by atoms with van der Waals surface area (Å²) in [6.07, 6.45) is 1.45. The van der Waals surface area contributed by atoms with Crippen LogP contribution in [0.25, 0.3) is 0 Å². The van der Waals surface area contributed by atoms with E-state index in [0.717, 1.165) is 6.07 Å². The fourth-order valence-electron chi connectivity index (χ4n) is 2.73. The molecule has 30 heavy (non-hydrogen) atoms. The fraction of sp³-hybridized carbons (Fsp3) is 0.0526. The Morgan fingerprint density at radius 2 is 1.80 bits per heavy atom. The molecule has 3 aromatic rings. The summed E-state index contributed by atoms with van der Waals surface area (Å²) in [5.74, 6) is -0.759. The molecule has 1 heterocycles. The number of non-ortho nitro benzene ring substituents is 1. The second-order valence-electron chi connectivity index (χ2n) is 6.16. The van der Waals surface area contributed by atoms with Gasteiger partial charge in [-0.05, 0) is 29.8 Å². The van der Waals surface area contributed by atoms with Crippen LogP contribution in [0.2, 0.25) is 5.02 Å². The average molecular weight is 429 g/mol. The van der Waals surface area contributed by atoms with Crippen LogP contribution in [-0.2, 0) is 6.54 Å². The van der Waals surface area contributed by atoms with Crippen LogP contribution in [0.5, 0.6) is 0 Å². The Hall–Kier alpha value is -4.05. The maximum Gasteiger partial charge on any atom is 0.289 e. The van der Waals surface area contributed by atoms with Crippen molar-refractivity contribution in [2.45, 2.75) is 6.54 Å². The molecule has 11 heteroatoms. The highest BCUT2D eigenvalue weighted by molar-refractivity contribution is 6.32. The number of anilines is 1. The molecule has 1 aromatic heterocycles. The molecule has 3 rings (SSSR count). The Labute approximate surface area is 173 Å². The number of nitrogens with zero attached hydrogens (tertiary/aromatic N) is 3. The van der Waals surface area contributed by atoms with Gasteiger partial charge in [0.2, 0.25) is 0 Å². The largest absolute Gasteiger partial charge is 0.322 e. The Morgan fingerprint density at radius 1 is 1.03 bits per heavy atom. The third kappa shape index (κ3) is 4.50. The minimum Gasteiger partial charge on any atom is -0.322 e. The molecular weight excluding hydrogens is 416 g/mol. The van der Waals surface area contributed by atoms with Gasteiger partial charge in [0, 0.05) is 30.1 Å². The summed E-state index contributed by atoms with van der Waals surface area (Å²) in [7, 11) is 0. The first-order valence-electron chi connectivity index (χ1n) is 8.44. The molecule has 0 aliphatic heterocycles. The molecule has 2 aromatic carbocycles. The molecule has 0 saturated heterocycles. The van der Waals surface area contributed by atoms with E-state index < -0.39 is 21.3 Å². The number of nitro groups is 2. The Kier molecular flexibility index (Phi) is 5.88. The molecule has 0 unspecified atom stereocenters. The van der Waals surface area contributed by atoms with Gasteiger partial charge in [0.15, 0.2) is 0 Å². The normalized spacial score (nSPS) is 10.4. The van der Waals surface area contributed by atoms with Gasteiger partial charge in [0.25, 0.3) is 22.8 Å². The molecule has 0 spiro atoms. The van der Waals surface area contributed by atoms with E-state index in [9.17, 15) is 29.8 Å². The first-order chi connectivity index (χ1) is 14.3. The Balaban J connectivity index is 1.86. The molecule has 0 bridgehead atoms. The molecule has 152 valence electrons.